The van der Waals surface area contributed by atoms with Crippen molar-refractivity contribution in [2.24, 2.45) is 0 Å². The van der Waals surface area contributed by atoms with Crippen LogP contribution in [0.25, 0.3) is 0 Å². The first-order chi connectivity index (χ1) is 4.70. The van der Waals surface area contributed by atoms with E-state index in [1.54, 1.807) is 0 Å². The van der Waals surface area contributed by atoms with Gasteiger partial charge in [0.25, 0.3) is 0 Å². The molecule has 0 saturated carbocycles. The van der Waals surface area contributed by atoms with Gasteiger partial charge in [-0.3, -0.25) is 0 Å². The summed E-state index contributed by atoms with van der Waals surface area (Å²) in [5.41, 5.74) is 0.979. The highest BCUT2D eigenvalue weighted by molar-refractivity contribution is 9.10. The van der Waals surface area contributed by atoms with Gasteiger partial charge in [0.05, 0.1) is 4.20 Å². The maximum absolute atomic E-state index is 4.87. The van der Waals surface area contributed by atoms with E-state index in [2.05, 4.69) is 28.6 Å². The largest absolute Gasteiger partial charge is 0.131 e. The van der Waals surface area contributed by atoms with Crippen molar-refractivity contribution in [3.63, 3.8) is 0 Å². The minimum atomic E-state index is 0.626. The summed E-state index contributed by atoms with van der Waals surface area (Å²) in [6.07, 6.45) is 0. The number of halogens is 1. The SMILES string of the molecule is S=C(S)c1cccc(Br)c1. The number of rotatable bonds is 1. The molecule has 3 heteroatoms. The fraction of sp³-hybridized carbons (Fsp3) is 0. The Morgan fingerprint density at radius 2 is 2.20 bits per heavy atom. The molecule has 10 heavy (non-hydrogen) atoms. The lowest BCUT2D eigenvalue weighted by molar-refractivity contribution is 1.63. The summed E-state index contributed by atoms with van der Waals surface area (Å²) >= 11 is 12.2. The maximum Gasteiger partial charge on any atom is 0.0748 e. The molecule has 52 valence electrons. The quantitative estimate of drug-likeness (QED) is 0.574. The monoisotopic (exact) mass is 232 g/mol. The average Bonchev–Trinajstić information content (AvgIpc) is 1.88. The maximum atomic E-state index is 4.87. The number of thiocarbonyl (C=S) groups is 1. The lowest BCUT2D eigenvalue weighted by Crippen LogP contribution is -1.84. The fourth-order valence-electron chi connectivity index (χ4n) is 0.622. The Labute approximate surface area is 79.2 Å². The third-order valence-corrected chi connectivity index (χ3v) is 2.06. The zero-order valence-electron chi connectivity index (χ0n) is 5.04. The van der Waals surface area contributed by atoms with E-state index in [1.165, 1.54) is 0 Å². The van der Waals surface area contributed by atoms with Crippen LogP contribution in [0.5, 0.6) is 0 Å². The molecule has 0 spiro atoms. The number of hydrogen-bond acceptors (Lipinski definition) is 1. The van der Waals surface area contributed by atoms with Crippen molar-refractivity contribution in [3.05, 3.63) is 34.3 Å². The van der Waals surface area contributed by atoms with Crippen molar-refractivity contribution < 1.29 is 0 Å². The van der Waals surface area contributed by atoms with Gasteiger partial charge < -0.3 is 0 Å². The Morgan fingerprint density at radius 1 is 1.50 bits per heavy atom. The second-order valence-corrected chi connectivity index (χ2v) is 3.89. The van der Waals surface area contributed by atoms with Crippen LogP contribution in [0.15, 0.2) is 28.7 Å². The van der Waals surface area contributed by atoms with Crippen molar-refractivity contribution in [1.29, 1.82) is 0 Å². The van der Waals surface area contributed by atoms with Crippen LogP contribution < -0.4 is 0 Å². The molecule has 1 aromatic rings. The molecule has 0 atom stereocenters. The van der Waals surface area contributed by atoms with E-state index in [9.17, 15) is 0 Å². The summed E-state index contributed by atoms with van der Waals surface area (Å²) in [4.78, 5) is 0. The Kier molecular flexibility index (Phi) is 2.89. The third kappa shape index (κ3) is 2.08. The summed E-state index contributed by atoms with van der Waals surface area (Å²) in [7, 11) is 0. The minimum absolute atomic E-state index is 0.626. The second-order valence-electron chi connectivity index (χ2n) is 1.82. The van der Waals surface area contributed by atoms with Crippen molar-refractivity contribution in [2.75, 3.05) is 0 Å². The summed E-state index contributed by atoms with van der Waals surface area (Å²) in [5.74, 6) is 0. The van der Waals surface area contributed by atoms with Gasteiger partial charge in [0.15, 0.2) is 0 Å². The van der Waals surface area contributed by atoms with Gasteiger partial charge in [0.2, 0.25) is 0 Å². The molecule has 1 aromatic carbocycles. The van der Waals surface area contributed by atoms with Crippen LogP contribution in [-0.4, -0.2) is 4.20 Å². The number of benzene rings is 1. The molecule has 1 rings (SSSR count). The molecule has 0 aliphatic rings. The molecular weight excluding hydrogens is 228 g/mol. The van der Waals surface area contributed by atoms with E-state index in [0.29, 0.717) is 4.20 Å². The molecule has 0 aliphatic carbocycles. The van der Waals surface area contributed by atoms with Gasteiger partial charge in [-0.1, -0.05) is 40.3 Å². The standard InChI is InChI=1S/C7H5BrS2/c8-6-3-1-2-5(4-6)7(9)10/h1-4H,(H,9,10). The molecule has 0 aliphatic heterocycles. The molecule has 0 unspecified atom stereocenters. The summed E-state index contributed by atoms with van der Waals surface area (Å²) in [6, 6.07) is 7.76. The smallest absolute Gasteiger partial charge is 0.0748 e. The summed E-state index contributed by atoms with van der Waals surface area (Å²) < 4.78 is 1.66. The Morgan fingerprint density at radius 3 is 2.60 bits per heavy atom. The zero-order chi connectivity index (χ0) is 7.56. The molecule has 0 bridgehead atoms. The van der Waals surface area contributed by atoms with Crippen LogP contribution in [0.3, 0.4) is 0 Å². The first-order valence-electron chi connectivity index (χ1n) is 2.69. The fourth-order valence-corrected chi connectivity index (χ4v) is 1.29. The van der Waals surface area contributed by atoms with Gasteiger partial charge in [-0.25, -0.2) is 0 Å². The van der Waals surface area contributed by atoms with E-state index < -0.39 is 0 Å². The van der Waals surface area contributed by atoms with Crippen molar-refractivity contribution >= 4 is 45.0 Å². The molecule has 0 saturated heterocycles. The number of thiol groups is 1. The average molecular weight is 233 g/mol. The molecule has 0 heterocycles. The predicted octanol–water partition coefficient (Wildman–Crippen LogP) is 3.05. The zero-order valence-corrected chi connectivity index (χ0v) is 8.34. The highest BCUT2D eigenvalue weighted by Gasteiger charge is 1.94. The third-order valence-electron chi connectivity index (χ3n) is 1.07. The molecule has 0 radical (unpaired) electrons. The van der Waals surface area contributed by atoms with E-state index in [1.807, 2.05) is 24.3 Å². The number of hydrogen-bond donors (Lipinski definition) is 1. The van der Waals surface area contributed by atoms with Gasteiger partial charge in [-0.15, -0.1) is 12.6 Å². The Balaban J connectivity index is 3.07. The van der Waals surface area contributed by atoms with Crippen molar-refractivity contribution in [3.8, 4) is 0 Å². The molecular formula is C7H5BrS2. The minimum Gasteiger partial charge on any atom is -0.131 e. The van der Waals surface area contributed by atoms with E-state index in [4.69, 9.17) is 12.2 Å². The summed E-state index contributed by atoms with van der Waals surface area (Å²) in [6.45, 7) is 0. The predicted molar refractivity (Wildman–Crippen MR) is 54.8 cm³/mol. The van der Waals surface area contributed by atoms with Crippen molar-refractivity contribution in [2.45, 2.75) is 0 Å². The first-order valence-corrected chi connectivity index (χ1v) is 4.34. The van der Waals surface area contributed by atoms with Gasteiger partial charge in [0.1, 0.15) is 0 Å². The molecule has 0 N–H and O–H groups in total. The van der Waals surface area contributed by atoms with Gasteiger partial charge in [0, 0.05) is 4.47 Å². The lowest BCUT2D eigenvalue weighted by Gasteiger charge is -1.95. The molecule has 0 nitrogen and oxygen atoms in total. The van der Waals surface area contributed by atoms with E-state index >= 15 is 0 Å². The Hall–Kier alpha value is 0.140. The van der Waals surface area contributed by atoms with Crippen LogP contribution >= 0.6 is 40.8 Å². The van der Waals surface area contributed by atoms with Crippen LogP contribution in [0.4, 0.5) is 0 Å². The van der Waals surface area contributed by atoms with Crippen LogP contribution in [0, 0.1) is 0 Å². The van der Waals surface area contributed by atoms with E-state index in [-0.39, 0.29) is 0 Å². The van der Waals surface area contributed by atoms with Crippen LogP contribution in [0.1, 0.15) is 5.56 Å². The normalized spacial score (nSPS) is 9.40. The molecule has 0 fully saturated rings. The first kappa shape index (κ1) is 8.24. The topological polar surface area (TPSA) is 0 Å². The highest BCUT2D eigenvalue weighted by Crippen LogP contribution is 2.13. The highest BCUT2D eigenvalue weighted by atomic mass is 79.9. The lowest BCUT2D eigenvalue weighted by atomic mass is 10.2. The van der Waals surface area contributed by atoms with Gasteiger partial charge >= 0.3 is 0 Å². The van der Waals surface area contributed by atoms with Crippen LogP contribution in [0.2, 0.25) is 0 Å². The van der Waals surface area contributed by atoms with Crippen molar-refractivity contribution in [1.82, 2.24) is 0 Å². The Bertz CT molecular complexity index is 258. The van der Waals surface area contributed by atoms with E-state index in [0.717, 1.165) is 10.0 Å². The van der Waals surface area contributed by atoms with Crippen LogP contribution in [-0.2, 0) is 0 Å². The van der Waals surface area contributed by atoms with Gasteiger partial charge in [-0.2, -0.15) is 0 Å². The second kappa shape index (κ2) is 3.51. The van der Waals surface area contributed by atoms with Gasteiger partial charge in [-0.05, 0) is 17.7 Å². The summed E-state index contributed by atoms with van der Waals surface area (Å²) in [5, 5.41) is 0. The molecule has 0 amide bonds. The molecule has 0 aromatic heterocycles.